The summed E-state index contributed by atoms with van der Waals surface area (Å²) < 4.78 is 5.44. The summed E-state index contributed by atoms with van der Waals surface area (Å²) in [5.74, 6) is -0.376. The molecule has 34 heavy (non-hydrogen) atoms. The zero-order valence-corrected chi connectivity index (χ0v) is 19.0. The van der Waals surface area contributed by atoms with Gasteiger partial charge in [0.15, 0.2) is 0 Å². The van der Waals surface area contributed by atoms with Gasteiger partial charge in [-0.25, -0.2) is 0 Å². The number of anilines is 2. The van der Waals surface area contributed by atoms with Crippen LogP contribution >= 0.6 is 0 Å². The molecule has 1 aliphatic heterocycles. The van der Waals surface area contributed by atoms with Gasteiger partial charge in [-0.3, -0.25) is 14.4 Å². The third-order valence-corrected chi connectivity index (χ3v) is 5.68. The normalized spacial score (nSPS) is 15.1. The molecular formula is C27H27N3O4. The highest BCUT2D eigenvalue weighted by Crippen LogP contribution is 2.26. The molecule has 1 aliphatic rings. The fourth-order valence-corrected chi connectivity index (χ4v) is 3.91. The average Bonchev–Trinajstić information content (AvgIpc) is 3.26. The number of para-hydroxylation sites is 2. The predicted molar refractivity (Wildman–Crippen MR) is 131 cm³/mol. The highest BCUT2D eigenvalue weighted by Gasteiger charge is 2.35. The van der Waals surface area contributed by atoms with E-state index < -0.39 is 5.92 Å². The Morgan fingerprint density at radius 1 is 0.971 bits per heavy atom. The number of hydrogen-bond donors (Lipinski definition) is 2. The summed E-state index contributed by atoms with van der Waals surface area (Å²) in [5.41, 5.74) is 2.49. The number of hydrogen-bond acceptors (Lipinski definition) is 4. The van der Waals surface area contributed by atoms with Gasteiger partial charge in [0.05, 0.1) is 23.8 Å². The molecule has 4 rings (SSSR count). The molecule has 1 atom stereocenters. The molecular weight excluding hydrogens is 430 g/mol. The summed E-state index contributed by atoms with van der Waals surface area (Å²) in [4.78, 5) is 39.9. The van der Waals surface area contributed by atoms with Crippen LogP contribution in [0, 0.1) is 5.92 Å². The lowest BCUT2D eigenvalue weighted by Gasteiger charge is -2.17. The van der Waals surface area contributed by atoms with Crippen molar-refractivity contribution < 1.29 is 19.1 Å². The molecule has 0 radical (unpaired) electrons. The van der Waals surface area contributed by atoms with E-state index in [9.17, 15) is 14.4 Å². The summed E-state index contributed by atoms with van der Waals surface area (Å²) in [6.07, 6.45) is 0.132. The van der Waals surface area contributed by atoms with Gasteiger partial charge < -0.3 is 20.3 Å². The first kappa shape index (κ1) is 23.0. The summed E-state index contributed by atoms with van der Waals surface area (Å²) >= 11 is 0. The first-order valence-corrected chi connectivity index (χ1v) is 11.3. The summed E-state index contributed by atoms with van der Waals surface area (Å²) in [5, 5.41) is 5.74. The van der Waals surface area contributed by atoms with Crippen LogP contribution in [0.2, 0.25) is 0 Å². The topological polar surface area (TPSA) is 87.7 Å². The van der Waals surface area contributed by atoms with Crippen molar-refractivity contribution in [3.05, 3.63) is 90.0 Å². The summed E-state index contributed by atoms with van der Waals surface area (Å²) in [7, 11) is 0. The van der Waals surface area contributed by atoms with Crippen LogP contribution in [0.25, 0.3) is 0 Å². The van der Waals surface area contributed by atoms with E-state index in [1.54, 1.807) is 29.2 Å². The Hall–Kier alpha value is -4.13. The Labute approximate surface area is 198 Å². The predicted octanol–water partition coefficient (Wildman–Crippen LogP) is 4.01. The number of amides is 3. The molecule has 0 bridgehead atoms. The smallest absolute Gasteiger partial charge is 0.253 e. The fraction of sp³-hybridized carbons (Fsp3) is 0.222. The zero-order valence-electron chi connectivity index (χ0n) is 19.0. The molecule has 0 saturated carbocycles. The van der Waals surface area contributed by atoms with E-state index in [0.717, 1.165) is 17.0 Å². The molecule has 2 N–H and O–H groups in total. The van der Waals surface area contributed by atoms with Crippen LogP contribution in [-0.4, -0.2) is 30.9 Å². The number of nitrogens with one attached hydrogen (secondary N) is 2. The van der Waals surface area contributed by atoms with Crippen molar-refractivity contribution in [1.82, 2.24) is 5.32 Å². The first-order chi connectivity index (χ1) is 16.5. The van der Waals surface area contributed by atoms with Gasteiger partial charge in [-0.1, -0.05) is 42.5 Å². The Balaban J connectivity index is 1.38. The maximum absolute atomic E-state index is 12.9. The molecule has 7 heteroatoms. The van der Waals surface area contributed by atoms with Gasteiger partial charge in [-0.15, -0.1) is 0 Å². The number of nitrogens with zero attached hydrogens (tertiary/aromatic N) is 1. The Kier molecular flexibility index (Phi) is 7.22. The molecule has 0 spiro atoms. The molecule has 174 valence electrons. The van der Waals surface area contributed by atoms with E-state index >= 15 is 0 Å². The van der Waals surface area contributed by atoms with Crippen molar-refractivity contribution in [2.45, 2.75) is 19.9 Å². The number of rotatable bonds is 8. The molecule has 7 nitrogen and oxygen atoms in total. The van der Waals surface area contributed by atoms with E-state index in [-0.39, 0.29) is 24.1 Å². The second-order valence-electron chi connectivity index (χ2n) is 8.04. The minimum Gasteiger partial charge on any atom is -0.494 e. The van der Waals surface area contributed by atoms with E-state index in [4.69, 9.17) is 4.74 Å². The second kappa shape index (κ2) is 10.7. The van der Waals surface area contributed by atoms with Crippen LogP contribution < -0.4 is 20.3 Å². The first-order valence-electron chi connectivity index (χ1n) is 11.3. The molecule has 3 aromatic carbocycles. The zero-order chi connectivity index (χ0) is 23.9. The fourth-order valence-electron chi connectivity index (χ4n) is 3.91. The number of benzene rings is 3. The highest BCUT2D eigenvalue weighted by atomic mass is 16.5. The molecule has 1 saturated heterocycles. The van der Waals surface area contributed by atoms with Gasteiger partial charge in [0.1, 0.15) is 5.75 Å². The van der Waals surface area contributed by atoms with Crippen molar-refractivity contribution in [2.75, 3.05) is 23.4 Å². The van der Waals surface area contributed by atoms with Crippen molar-refractivity contribution in [1.29, 1.82) is 0 Å². The Morgan fingerprint density at radius 3 is 2.41 bits per heavy atom. The number of carbonyl (C=O) groups is 3. The van der Waals surface area contributed by atoms with Gasteiger partial charge in [0.2, 0.25) is 11.8 Å². The molecule has 3 amide bonds. The average molecular weight is 458 g/mol. The molecule has 3 aromatic rings. The van der Waals surface area contributed by atoms with Gasteiger partial charge >= 0.3 is 0 Å². The molecule has 0 aliphatic carbocycles. The van der Waals surface area contributed by atoms with Crippen molar-refractivity contribution in [2.24, 2.45) is 5.92 Å². The van der Waals surface area contributed by atoms with Gasteiger partial charge in [-0.05, 0) is 48.9 Å². The van der Waals surface area contributed by atoms with Crippen molar-refractivity contribution >= 4 is 29.1 Å². The SMILES string of the molecule is CCOc1ccc(CNC(=O)c2ccccc2NC(=O)[C@H]2CC(=O)N(c3ccccc3)C2)cc1. The van der Waals surface area contributed by atoms with Crippen LogP contribution in [0.3, 0.4) is 0 Å². The van der Waals surface area contributed by atoms with Gasteiger partial charge in [-0.2, -0.15) is 0 Å². The quantitative estimate of drug-likeness (QED) is 0.535. The van der Waals surface area contributed by atoms with E-state index in [2.05, 4.69) is 10.6 Å². The molecule has 1 fully saturated rings. The lowest BCUT2D eigenvalue weighted by molar-refractivity contribution is -0.122. The van der Waals surface area contributed by atoms with Gasteiger partial charge in [0, 0.05) is 25.2 Å². The maximum atomic E-state index is 12.9. The third-order valence-electron chi connectivity index (χ3n) is 5.68. The van der Waals surface area contributed by atoms with Crippen LogP contribution in [0.15, 0.2) is 78.9 Å². The minimum atomic E-state index is -0.493. The van der Waals surface area contributed by atoms with Crippen LogP contribution in [-0.2, 0) is 16.1 Å². The van der Waals surface area contributed by atoms with Gasteiger partial charge in [0.25, 0.3) is 5.91 Å². The molecule has 0 unspecified atom stereocenters. The monoisotopic (exact) mass is 457 g/mol. The largest absolute Gasteiger partial charge is 0.494 e. The highest BCUT2D eigenvalue weighted by molar-refractivity contribution is 6.07. The maximum Gasteiger partial charge on any atom is 0.253 e. The van der Waals surface area contributed by atoms with E-state index in [0.29, 0.717) is 30.9 Å². The molecule has 1 heterocycles. The lowest BCUT2D eigenvalue weighted by Crippen LogP contribution is -2.29. The Morgan fingerprint density at radius 2 is 1.68 bits per heavy atom. The molecule has 0 aromatic heterocycles. The standard InChI is InChI=1S/C27H27N3O4/c1-2-34-22-14-12-19(13-15-22)17-28-27(33)23-10-6-7-11-24(23)29-26(32)20-16-25(31)30(18-20)21-8-4-3-5-9-21/h3-15,20H,2,16-18H2,1H3,(H,28,33)(H,29,32)/t20-/m0/s1. The lowest BCUT2D eigenvalue weighted by atomic mass is 10.1. The van der Waals surface area contributed by atoms with Crippen molar-refractivity contribution in [3.8, 4) is 5.75 Å². The van der Waals surface area contributed by atoms with Crippen LogP contribution in [0.5, 0.6) is 5.75 Å². The number of ether oxygens (including phenoxy) is 1. The third kappa shape index (κ3) is 5.43. The van der Waals surface area contributed by atoms with Crippen molar-refractivity contribution in [3.63, 3.8) is 0 Å². The van der Waals surface area contributed by atoms with E-state index in [1.165, 1.54) is 0 Å². The van der Waals surface area contributed by atoms with Crippen LogP contribution in [0.1, 0.15) is 29.3 Å². The minimum absolute atomic E-state index is 0.0901. The summed E-state index contributed by atoms with van der Waals surface area (Å²) in [6, 6.07) is 23.7. The van der Waals surface area contributed by atoms with E-state index in [1.807, 2.05) is 61.5 Å². The Bertz CT molecular complexity index is 1160. The van der Waals surface area contributed by atoms with Crippen LogP contribution in [0.4, 0.5) is 11.4 Å². The number of carbonyl (C=O) groups excluding carboxylic acids is 3. The second-order valence-corrected chi connectivity index (χ2v) is 8.04. The summed E-state index contributed by atoms with van der Waals surface area (Å²) in [6.45, 7) is 3.17.